The van der Waals surface area contributed by atoms with Gasteiger partial charge in [-0.1, -0.05) is 33.2 Å². The molecule has 0 bridgehead atoms. The number of nitrogens with zero attached hydrogens (tertiary/aromatic N) is 2. The first-order valence-corrected chi connectivity index (χ1v) is 14.2. The Labute approximate surface area is 242 Å². The maximum atomic E-state index is 13.1. The van der Waals surface area contributed by atoms with E-state index in [1.54, 1.807) is 6.07 Å². The van der Waals surface area contributed by atoms with E-state index in [4.69, 9.17) is 15.2 Å². The first-order valence-electron chi connectivity index (χ1n) is 12.2. The van der Waals surface area contributed by atoms with Gasteiger partial charge in [-0.2, -0.15) is 0 Å². The minimum atomic E-state index is -1.54. The summed E-state index contributed by atoms with van der Waals surface area (Å²) in [5, 5.41) is 33.5. The third-order valence-electron chi connectivity index (χ3n) is 5.62. The number of carboxylic acid groups (broad SMARTS) is 1. The van der Waals surface area contributed by atoms with Crippen molar-refractivity contribution in [2.75, 3.05) is 30.8 Å². The molecule has 14 nitrogen and oxygen atoms in total. The lowest BCUT2D eigenvalue weighted by Gasteiger charge is -2.28. The van der Waals surface area contributed by atoms with E-state index in [0.29, 0.717) is 25.1 Å². The highest BCUT2D eigenvalue weighted by Gasteiger charge is 2.38. The molecule has 0 aliphatic carbocycles. The second kappa shape index (κ2) is 15.2. The summed E-state index contributed by atoms with van der Waals surface area (Å²) < 4.78 is 5.41. The average Bonchev–Trinajstić information content (AvgIpc) is 3.35. The average molecular weight is 639 g/mol. The van der Waals surface area contributed by atoms with Gasteiger partial charge < -0.3 is 41.3 Å². The Morgan fingerprint density at radius 1 is 1.20 bits per heavy atom. The van der Waals surface area contributed by atoms with Crippen LogP contribution in [0.2, 0.25) is 0 Å². The number of anilines is 1. The smallest absolute Gasteiger partial charge is 0.534 e. The molecule has 1 aliphatic rings. The SMILES string of the molecule is Nc1nc(/C(=N/OCC(=O)NCCCCCNC(=O)CBr)C(=O)N[C@H]2Cc3cccc(C(=O)O)c3OB2O)cs1. The van der Waals surface area contributed by atoms with Crippen LogP contribution in [0.15, 0.2) is 28.7 Å². The van der Waals surface area contributed by atoms with Crippen LogP contribution >= 0.6 is 27.3 Å². The van der Waals surface area contributed by atoms with Crippen LogP contribution in [0, 0.1) is 0 Å². The van der Waals surface area contributed by atoms with Crippen LogP contribution in [-0.2, 0) is 25.6 Å². The molecule has 1 aliphatic heterocycles. The third kappa shape index (κ3) is 8.92. The number of rotatable bonds is 14. The standard InChI is InChI=1S/C23H28BBrN6O8S/c25-10-17(32)27-7-2-1-3-8-28-18(33)11-38-31-19(15-12-40-23(26)29-15)21(34)30-16-9-13-5-4-6-14(22(35)36)20(13)39-24(16)37/h4-6,12,16,37H,1-3,7-11H2,(H2,26,29)(H,27,32)(H,28,33)(H,30,34)(H,35,36)/b31-19-/t16-/m0/s1. The van der Waals surface area contributed by atoms with Crippen molar-refractivity contribution in [1.29, 1.82) is 0 Å². The second-order valence-electron chi connectivity index (χ2n) is 8.57. The van der Waals surface area contributed by atoms with E-state index in [0.717, 1.165) is 24.2 Å². The molecule has 214 valence electrons. The highest BCUT2D eigenvalue weighted by molar-refractivity contribution is 9.09. The van der Waals surface area contributed by atoms with E-state index in [1.165, 1.54) is 17.5 Å². The summed E-state index contributed by atoms with van der Waals surface area (Å²) >= 11 is 4.14. The zero-order valence-corrected chi connectivity index (χ0v) is 23.6. The fourth-order valence-electron chi connectivity index (χ4n) is 3.69. The van der Waals surface area contributed by atoms with Crippen molar-refractivity contribution < 1.29 is 38.8 Å². The number of oxime groups is 1. The number of halogens is 1. The van der Waals surface area contributed by atoms with Gasteiger partial charge in [-0.3, -0.25) is 14.4 Å². The zero-order valence-electron chi connectivity index (χ0n) is 21.2. The van der Waals surface area contributed by atoms with E-state index in [9.17, 15) is 29.3 Å². The van der Waals surface area contributed by atoms with Gasteiger partial charge in [-0.15, -0.1) is 11.3 Å². The number of aromatic nitrogens is 1. The number of unbranched alkanes of at least 4 members (excludes halogenated alkanes) is 2. The molecule has 0 unspecified atom stereocenters. The second-order valence-corrected chi connectivity index (χ2v) is 10.0. The summed E-state index contributed by atoms with van der Waals surface area (Å²) in [5.41, 5.74) is 5.91. The highest BCUT2D eigenvalue weighted by Crippen LogP contribution is 2.30. The number of para-hydroxylation sites is 1. The topological polar surface area (TPSA) is 215 Å². The van der Waals surface area contributed by atoms with Crippen molar-refractivity contribution in [1.82, 2.24) is 20.9 Å². The Morgan fingerprint density at radius 3 is 2.58 bits per heavy atom. The maximum absolute atomic E-state index is 13.1. The number of aromatic carboxylic acids is 1. The number of nitrogens with one attached hydrogen (secondary N) is 3. The number of amides is 3. The number of carbonyl (C=O) groups excluding carboxylic acids is 3. The molecular formula is C23H28BBrN6O8S. The number of hydrogen-bond donors (Lipinski definition) is 6. The van der Waals surface area contributed by atoms with Crippen LogP contribution in [0.25, 0.3) is 0 Å². The Kier molecular flexibility index (Phi) is 11.7. The molecule has 3 rings (SSSR count). The van der Waals surface area contributed by atoms with Crippen LogP contribution in [0.5, 0.6) is 5.75 Å². The lowest BCUT2D eigenvalue weighted by atomic mass is 9.72. The van der Waals surface area contributed by atoms with Crippen molar-refractivity contribution in [3.63, 3.8) is 0 Å². The van der Waals surface area contributed by atoms with Gasteiger partial charge in [-0.05, 0) is 37.3 Å². The van der Waals surface area contributed by atoms with Crippen LogP contribution in [0.3, 0.4) is 0 Å². The van der Waals surface area contributed by atoms with Crippen molar-refractivity contribution >= 4 is 68.9 Å². The van der Waals surface area contributed by atoms with E-state index in [1.807, 2.05) is 0 Å². The van der Waals surface area contributed by atoms with Crippen molar-refractivity contribution in [2.45, 2.75) is 31.6 Å². The molecule has 17 heteroatoms. The van der Waals surface area contributed by atoms with Gasteiger partial charge in [0.05, 0.1) is 16.8 Å². The Balaban J connectivity index is 1.54. The van der Waals surface area contributed by atoms with Gasteiger partial charge in [0.1, 0.15) is 11.4 Å². The van der Waals surface area contributed by atoms with E-state index in [2.05, 4.69) is 42.0 Å². The predicted molar refractivity (Wildman–Crippen MR) is 150 cm³/mol. The van der Waals surface area contributed by atoms with E-state index < -0.39 is 37.5 Å². The normalized spacial score (nSPS) is 14.5. The molecule has 1 atom stereocenters. The van der Waals surface area contributed by atoms with Crippen LogP contribution in [0.1, 0.15) is 40.9 Å². The number of alkyl halides is 1. The van der Waals surface area contributed by atoms with Crippen LogP contribution in [0.4, 0.5) is 5.13 Å². The molecule has 3 amide bonds. The fraction of sp³-hybridized carbons (Fsp3) is 0.391. The Morgan fingerprint density at radius 2 is 1.93 bits per heavy atom. The molecule has 1 aromatic heterocycles. The number of hydrogen-bond acceptors (Lipinski definition) is 11. The first kappa shape index (κ1) is 30.8. The molecule has 40 heavy (non-hydrogen) atoms. The predicted octanol–water partition coefficient (Wildman–Crippen LogP) is 0.0814. The van der Waals surface area contributed by atoms with Crippen molar-refractivity contribution in [3.05, 3.63) is 40.4 Å². The lowest BCUT2D eigenvalue weighted by Crippen LogP contribution is -2.54. The van der Waals surface area contributed by atoms with Crippen LogP contribution in [-0.4, -0.2) is 82.6 Å². The Hall–Kier alpha value is -3.70. The zero-order chi connectivity index (χ0) is 29.1. The summed E-state index contributed by atoms with van der Waals surface area (Å²) in [6.45, 7) is 0.499. The number of carboxylic acids is 1. The van der Waals surface area contributed by atoms with Crippen molar-refractivity contribution in [3.8, 4) is 5.75 Å². The number of fused-ring (bicyclic) bond motifs is 1. The highest BCUT2D eigenvalue weighted by atomic mass is 79.9. The summed E-state index contributed by atoms with van der Waals surface area (Å²) in [4.78, 5) is 57.0. The largest absolute Gasteiger partial charge is 0.547 e. The van der Waals surface area contributed by atoms with Crippen molar-refractivity contribution in [2.24, 2.45) is 5.16 Å². The summed E-state index contributed by atoms with van der Waals surface area (Å²) in [5.74, 6) is -3.42. The minimum Gasteiger partial charge on any atom is -0.534 e. The monoisotopic (exact) mass is 638 g/mol. The van der Waals surface area contributed by atoms with Gasteiger partial charge in [0.25, 0.3) is 11.8 Å². The van der Waals surface area contributed by atoms with Gasteiger partial charge in [0.2, 0.25) is 5.91 Å². The molecule has 0 fully saturated rings. The number of benzene rings is 1. The molecule has 7 N–H and O–H groups in total. The van der Waals surface area contributed by atoms with Crippen LogP contribution < -0.4 is 26.3 Å². The minimum absolute atomic E-state index is 0.0323. The molecule has 2 heterocycles. The molecule has 0 saturated heterocycles. The summed E-state index contributed by atoms with van der Waals surface area (Å²) in [6, 6.07) is 4.52. The quantitative estimate of drug-likeness (QED) is 0.0538. The summed E-state index contributed by atoms with van der Waals surface area (Å²) in [6.07, 6.45) is 2.36. The summed E-state index contributed by atoms with van der Waals surface area (Å²) in [7, 11) is -1.54. The van der Waals surface area contributed by atoms with Gasteiger partial charge in [-0.25, -0.2) is 9.78 Å². The van der Waals surface area contributed by atoms with Gasteiger partial charge >= 0.3 is 13.1 Å². The fourth-order valence-corrected chi connectivity index (χ4v) is 4.44. The third-order valence-corrected chi connectivity index (χ3v) is 6.80. The molecule has 0 radical (unpaired) electrons. The molecule has 0 spiro atoms. The molecule has 1 aromatic carbocycles. The molecule has 0 saturated carbocycles. The number of carbonyl (C=O) groups is 4. The number of nitrogens with two attached hydrogens (primary N) is 1. The molecular weight excluding hydrogens is 611 g/mol. The lowest BCUT2D eigenvalue weighted by molar-refractivity contribution is -0.126. The maximum Gasteiger partial charge on any atom is 0.547 e. The molecule has 2 aromatic rings. The number of thiazole rings is 1. The van der Waals surface area contributed by atoms with E-state index in [-0.39, 0.29) is 45.5 Å². The number of nitrogen functional groups attached to an aromatic ring is 1. The Bertz CT molecular complexity index is 1260. The van der Waals surface area contributed by atoms with Gasteiger partial charge in [0, 0.05) is 18.5 Å². The first-order chi connectivity index (χ1) is 19.2. The van der Waals surface area contributed by atoms with Gasteiger partial charge in [0.15, 0.2) is 17.5 Å². The van der Waals surface area contributed by atoms with E-state index >= 15 is 0 Å².